The molecule has 3 nitrogen and oxygen atoms in total. The Balaban J connectivity index is 2.15. The zero-order valence-electron chi connectivity index (χ0n) is 15.2. The smallest absolute Gasteiger partial charge is 0.244 e. The Bertz CT molecular complexity index is 637. The highest BCUT2D eigenvalue weighted by Crippen LogP contribution is 2.22. The first kappa shape index (κ1) is 18.2. The summed E-state index contributed by atoms with van der Waals surface area (Å²) in [7, 11) is 3.88. The van der Waals surface area contributed by atoms with Gasteiger partial charge in [-0.05, 0) is 36.7 Å². The van der Waals surface area contributed by atoms with Crippen LogP contribution in [0.15, 0.2) is 54.6 Å². The predicted molar refractivity (Wildman–Crippen MR) is 99.8 cm³/mol. The maximum Gasteiger partial charge on any atom is 0.244 e. The normalized spacial score (nSPS) is 12.2. The van der Waals surface area contributed by atoms with Gasteiger partial charge in [0.2, 0.25) is 5.91 Å². The van der Waals surface area contributed by atoms with Crippen LogP contribution in [0, 0.1) is 0 Å². The van der Waals surface area contributed by atoms with E-state index < -0.39 is 0 Å². The van der Waals surface area contributed by atoms with Crippen molar-refractivity contribution in [3.63, 3.8) is 0 Å². The standard InChI is InChI=1S/C21H28N2O/c1-5-17-12-14-18(15-13-17)16-23(4)21(24)20(22(3)6-2)19-10-8-7-9-11-19/h7-15,20H,5-6,16H2,1-4H3. The molecule has 0 aliphatic rings. The van der Waals surface area contributed by atoms with E-state index in [9.17, 15) is 4.79 Å². The Kier molecular flexibility index (Phi) is 6.56. The SMILES string of the molecule is CCc1ccc(CN(C)C(=O)C(c2ccccc2)N(C)CC)cc1. The number of amides is 1. The molecule has 2 aromatic carbocycles. The molecule has 1 atom stereocenters. The van der Waals surface area contributed by atoms with Gasteiger partial charge in [0, 0.05) is 13.6 Å². The van der Waals surface area contributed by atoms with E-state index in [4.69, 9.17) is 0 Å². The Morgan fingerprint density at radius 1 is 0.917 bits per heavy atom. The van der Waals surface area contributed by atoms with Gasteiger partial charge in [-0.2, -0.15) is 0 Å². The summed E-state index contributed by atoms with van der Waals surface area (Å²) in [4.78, 5) is 17.0. The number of carbonyl (C=O) groups excluding carboxylic acids is 1. The van der Waals surface area contributed by atoms with E-state index in [1.165, 1.54) is 5.56 Å². The minimum absolute atomic E-state index is 0.130. The molecule has 1 unspecified atom stereocenters. The van der Waals surface area contributed by atoms with E-state index in [1.54, 1.807) is 0 Å². The Labute approximate surface area is 145 Å². The number of aryl methyl sites for hydroxylation is 1. The maximum atomic E-state index is 13.1. The average molecular weight is 324 g/mol. The lowest BCUT2D eigenvalue weighted by Crippen LogP contribution is -2.39. The molecule has 0 saturated heterocycles. The van der Waals surface area contributed by atoms with Crippen molar-refractivity contribution in [2.45, 2.75) is 32.9 Å². The number of benzene rings is 2. The van der Waals surface area contributed by atoms with Gasteiger partial charge >= 0.3 is 0 Å². The van der Waals surface area contributed by atoms with Crippen LogP contribution in [0.2, 0.25) is 0 Å². The van der Waals surface area contributed by atoms with E-state index >= 15 is 0 Å². The average Bonchev–Trinajstić information content (AvgIpc) is 2.63. The molecule has 0 fully saturated rings. The van der Waals surface area contributed by atoms with Crippen LogP contribution in [-0.2, 0) is 17.8 Å². The van der Waals surface area contributed by atoms with E-state index in [2.05, 4.69) is 43.0 Å². The fourth-order valence-corrected chi connectivity index (χ4v) is 2.84. The van der Waals surface area contributed by atoms with Gasteiger partial charge in [-0.3, -0.25) is 9.69 Å². The quantitative estimate of drug-likeness (QED) is 0.771. The first-order valence-corrected chi connectivity index (χ1v) is 8.64. The molecular formula is C21H28N2O. The van der Waals surface area contributed by atoms with Gasteiger partial charge in [0.05, 0.1) is 0 Å². The summed E-state index contributed by atoms with van der Waals surface area (Å²) < 4.78 is 0. The molecule has 128 valence electrons. The van der Waals surface area contributed by atoms with Crippen LogP contribution in [0.5, 0.6) is 0 Å². The number of rotatable bonds is 7. The van der Waals surface area contributed by atoms with Crippen molar-refractivity contribution in [2.75, 3.05) is 20.6 Å². The summed E-state index contributed by atoms with van der Waals surface area (Å²) in [6.07, 6.45) is 1.03. The minimum atomic E-state index is -0.240. The van der Waals surface area contributed by atoms with Gasteiger partial charge in [-0.15, -0.1) is 0 Å². The second-order valence-electron chi connectivity index (χ2n) is 6.25. The number of hydrogen-bond donors (Lipinski definition) is 0. The summed E-state index contributed by atoms with van der Waals surface area (Å²) >= 11 is 0. The van der Waals surface area contributed by atoms with Crippen molar-refractivity contribution in [2.24, 2.45) is 0 Å². The third kappa shape index (κ3) is 4.45. The highest BCUT2D eigenvalue weighted by Gasteiger charge is 2.26. The fourth-order valence-electron chi connectivity index (χ4n) is 2.84. The number of carbonyl (C=O) groups is 1. The zero-order valence-corrected chi connectivity index (χ0v) is 15.2. The van der Waals surface area contributed by atoms with Gasteiger partial charge in [0.1, 0.15) is 6.04 Å². The molecule has 0 radical (unpaired) electrons. The Hall–Kier alpha value is -2.13. The molecule has 0 N–H and O–H groups in total. The van der Waals surface area contributed by atoms with E-state index in [1.807, 2.05) is 49.3 Å². The Morgan fingerprint density at radius 3 is 2.04 bits per heavy atom. The molecule has 0 spiro atoms. The molecule has 24 heavy (non-hydrogen) atoms. The van der Waals surface area contributed by atoms with Crippen LogP contribution in [0.1, 0.15) is 36.6 Å². The van der Waals surface area contributed by atoms with E-state index in [0.29, 0.717) is 6.54 Å². The van der Waals surface area contributed by atoms with Crippen molar-refractivity contribution in [1.29, 1.82) is 0 Å². The highest BCUT2D eigenvalue weighted by molar-refractivity contribution is 5.83. The Morgan fingerprint density at radius 2 is 1.50 bits per heavy atom. The third-order valence-corrected chi connectivity index (χ3v) is 4.52. The van der Waals surface area contributed by atoms with E-state index in [-0.39, 0.29) is 11.9 Å². The van der Waals surface area contributed by atoms with Crippen molar-refractivity contribution in [3.05, 3.63) is 71.3 Å². The first-order valence-electron chi connectivity index (χ1n) is 8.64. The number of nitrogens with zero attached hydrogens (tertiary/aromatic N) is 2. The van der Waals surface area contributed by atoms with Gasteiger partial charge in [0.25, 0.3) is 0 Å². The summed E-state index contributed by atoms with van der Waals surface area (Å²) in [5.41, 5.74) is 3.52. The number of hydrogen-bond acceptors (Lipinski definition) is 2. The largest absolute Gasteiger partial charge is 0.340 e. The van der Waals surface area contributed by atoms with Crippen LogP contribution in [0.4, 0.5) is 0 Å². The van der Waals surface area contributed by atoms with Crippen LogP contribution >= 0.6 is 0 Å². The summed E-state index contributed by atoms with van der Waals surface area (Å²) in [5, 5.41) is 0. The number of likely N-dealkylation sites (N-methyl/N-ethyl adjacent to an activating group) is 2. The topological polar surface area (TPSA) is 23.6 Å². The lowest BCUT2D eigenvalue weighted by Gasteiger charge is -2.30. The van der Waals surface area contributed by atoms with Crippen molar-refractivity contribution in [1.82, 2.24) is 9.80 Å². The lowest BCUT2D eigenvalue weighted by molar-refractivity contribution is -0.136. The highest BCUT2D eigenvalue weighted by atomic mass is 16.2. The summed E-state index contributed by atoms with van der Waals surface area (Å²) in [6.45, 7) is 5.68. The van der Waals surface area contributed by atoms with Crippen LogP contribution in [0.3, 0.4) is 0 Å². The van der Waals surface area contributed by atoms with Crippen LogP contribution in [-0.4, -0.2) is 36.3 Å². The van der Waals surface area contributed by atoms with Crippen molar-refractivity contribution < 1.29 is 4.79 Å². The summed E-state index contributed by atoms with van der Waals surface area (Å²) in [5.74, 6) is 0.130. The second kappa shape index (κ2) is 8.65. The van der Waals surface area contributed by atoms with E-state index in [0.717, 1.165) is 24.1 Å². The van der Waals surface area contributed by atoms with Crippen molar-refractivity contribution >= 4 is 5.91 Å². The zero-order chi connectivity index (χ0) is 17.5. The molecule has 0 heterocycles. The molecular weight excluding hydrogens is 296 g/mol. The molecule has 2 rings (SSSR count). The predicted octanol–water partition coefficient (Wildman–Crippen LogP) is 3.90. The van der Waals surface area contributed by atoms with Crippen LogP contribution < -0.4 is 0 Å². The summed E-state index contributed by atoms with van der Waals surface area (Å²) in [6, 6.07) is 18.3. The monoisotopic (exact) mass is 324 g/mol. The molecule has 3 heteroatoms. The second-order valence-corrected chi connectivity index (χ2v) is 6.25. The molecule has 0 aromatic heterocycles. The van der Waals surface area contributed by atoms with Crippen molar-refractivity contribution in [3.8, 4) is 0 Å². The maximum absolute atomic E-state index is 13.1. The fraction of sp³-hybridized carbons (Fsp3) is 0.381. The lowest BCUT2D eigenvalue weighted by atomic mass is 10.0. The molecule has 0 aliphatic carbocycles. The molecule has 0 bridgehead atoms. The molecule has 2 aromatic rings. The molecule has 0 saturated carbocycles. The van der Waals surface area contributed by atoms with Gasteiger partial charge in [0.15, 0.2) is 0 Å². The van der Waals surface area contributed by atoms with Gasteiger partial charge in [-0.25, -0.2) is 0 Å². The van der Waals surface area contributed by atoms with Gasteiger partial charge in [-0.1, -0.05) is 68.4 Å². The van der Waals surface area contributed by atoms with Crippen LogP contribution in [0.25, 0.3) is 0 Å². The molecule has 0 aliphatic heterocycles. The minimum Gasteiger partial charge on any atom is -0.340 e. The third-order valence-electron chi connectivity index (χ3n) is 4.52. The first-order chi connectivity index (χ1) is 11.6. The molecule has 1 amide bonds. The van der Waals surface area contributed by atoms with Gasteiger partial charge < -0.3 is 4.90 Å².